The standard InChI is InChI=1S/C16H24BrN3/c17-15-3-5-16(6-4-15)18-7-8-19-9-11-20(12-10-19)13-14-1-2-14/h3-6,14,18H,1-2,7-13H2. The number of piperazine rings is 1. The van der Waals surface area contributed by atoms with Crippen LogP contribution in [0.2, 0.25) is 0 Å². The normalized spacial score (nSPS) is 21.1. The number of hydrogen-bond acceptors (Lipinski definition) is 3. The van der Waals surface area contributed by atoms with Crippen LogP contribution in [0.5, 0.6) is 0 Å². The first-order valence-electron chi connectivity index (χ1n) is 7.74. The SMILES string of the molecule is Brc1ccc(NCCN2CCN(CC3CC3)CC2)cc1. The van der Waals surface area contributed by atoms with Crippen molar-refractivity contribution in [3.05, 3.63) is 28.7 Å². The van der Waals surface area contributed by atoms with Gasteiger partial charge in [0.05, 0.1) is 0 Å². The molecule has 1 aliphatic carbocycles. The van der Waals surface area contributed by atoms with Crippen molar-refractivity contribution in [2.45, 2.75) is 12.8 Å². The summed E-state index contributed by atoms with van der Waals surface area (Å²) in [6.07, 6.45) is 2.94. The van der Waals surface area contributed by atoms with Crippen molar-refractivity contribution in [1.82, 2.24) is 9.80 Å². The molecule has 0 bridgehead atoms. The Morgan fingerprint density at radius 1 is 1.00 bits per heavy atom. The van der Waals surface area contributed by atoms with E-state index in [1.807, 2.05) is 0 Å². The molecule has 1 saturated heterocycles. The van der Waals surface area contributed by atoms with Crippen LogP contribution in [0.1, 0.15) is 12.8 Å². The zero-order valence-corrected chi connectivity index (χ0v) is 13.6. The second kappa shape index (κ2) is 6.92. The van der Waals surface area contributed by atoms with Crippen molar-refractivity contribution in [3.8, 4) is 0 Å². The van der Waals surface area contributed by atoms with Gasteiger partial charge in [-0.25, -0.2) is 0 Å². The summed E-state index contributed by atoms with van der Waals surface area (Å²) in [5.41, 5.74) is 1.21. The molecule has 1 saturated carbocycles. The van der Waals surface area contributed by atoms with Gasteiger partial charge in [-0.1, -0.05) is 15.9 Å². The Balaban J connectivity index is 1.32. The Kier molecular flexibility index (Phi) is 4.97. The van der Waals surface area contributed by atoms with Crippen LogP contribution in [-0.4, -0.2) is 55.6 Å². The van der Waals surface area contributed by atoms with E-state index in [0.717, 1.165) is 23.5 Å². The van der Waals surface area contributed by atoms with Crippen LogP contribution in [-0.2, 0) is 0 Å². The number of benzene rings is 1. The average molecular weight is 338 g/mol. The summed E-state index contributed by atoms with van der Waals surface area (Å²) in [4.78, 5) is 5.23. The number of nitrogens with zero attached hydrogens (tertiary/aromatic N) is 2. The maximum absolute atomic E-state index is 3.50. The molecule has 0 spiro atoms. The van der Waals surface area contributed by atoms with Gasteiger partial charge in [-0.2, -0.15) is 0 Å². The highest BCUT2D eigenvalue weighted by molar-refractivity contribution is 9.10. The topological polar surface area (TPSA) is 18.5 Å². The van der Waals surface area contributed by atoms with Gasteiger partial charge in [0, 0.05) is 56.0 Å². The predicted molar refractivity (Wildman–Crippen MR) is 88.2 cm³/mol. The van der Waals surface area contributed by atoms with Gasteiger partial charge in [0.1, 0.15) is 0 Å². The van der Waals surface area contributed by atoms with E-state index in [1.54, 1.807) is 0 Å². The molecule has 1 aromatic carbocycles. The van der Waals surface area contributed by atoms with Gasteiger partial charge in [0.25, 0.3) is 0 Å². The van der Waals surface area contributed by atoms with E-state index in [0.29, 0.717) is 0 Å². The highest BCUT2D eigenvalue weighted by Crippen LogP contribution is 2.29. The maximum Gasteiger partial charge on any atom is 0.0341 e. The first-order chi connectivity index (χ1) is 9.79. The molecule has 1 aromatic rings. The van der Waals surface area contributed by atoms with Gasteiger partial charge in [0.15, 0.2) is 0 Å². The highest BCUT2D eigenvalue weighted by atomic mass is 79.9. The fraction of sp³-hybridized carbons (Fsp3) is 0.625. The molecule has 0 amide bonds. The number of halogens is 1. The number of hydrogen-bond donors (Lipinski definition) is 1. The molecule has 3 nitrogen and oxygen atoms in total. The zero-order chi connectivity index (χ0) is 13.8. The average Bonchev–Trinajstić information content (AvgIpc) is 3.27. The molecule has 0 unspecified atom stereocenters. The third-order valence-corrected chi connectivity index (χ3v) is 4.81. The molecular weight excluding hydrogens is 314 g/mol. The summed E-state index contributed by atoms with van der Waals surface area (Å²) in [6.45, 7) is 8.51. The third kappa shape index (κ3) is 4.47. The van der Waals surface area contributed by atoms with Crippen LogP contribution in [0, 0.1) is 5.92 Å². The van der Waals surface area contributed by atoms with Gasteiger partial charge < -0.3 is 10.2 Å². The van der Waals surface area contributed by atoms with Crippen molar-refractivity contribution in [2.75, 3.05) is 51.1 Å². The molecular formula is C16H24BrN3. The smallest absolute Gasteiger partial charge is 0.0341 e. The third-order valence-electron chi connectivity index (χ3n) is 4.28. The maximum atomic E-state index is 3.50. The molecule has 1 aliphatic heterocycles. The Morgan fingerprint density at radius 2 is 1.65 bits per heavy atom. The first kappa shape index (κ1) is 14.4. The summed E-state index contributed by atoms with van der Waals surface area (Å²) >= 11 is 3.46. The lowest BCUT2D eigenvalue weighted by molar-refractivity contribution is 0.132. The highest BCUT2D eigenvalue weighted by Gasteiger charge is 2.26. The Bertz CT molecular complexity index is 408. The molecule has 110 valence electrons. The Hall–Kier alpha value is -0.580. The molecule has 2 fully saturated rings. The minimum absolute atomic E-state index is 1.03. The molecule has 20 heavy (non-hydrogen) atoms. The van der Waals surface area contributed by atoms with E-state index < -0.39 is 0 Å². The summed E-state index contributed by atoms with van der Waals surface area (Å²) in [5, 5.41) is 3.50. The molecule has 0 aromatic heterocycles. The molecule has 4 heteroatoms. The van der Waals surface area contributed by atoms with Crippen molar-refractivity contribution in [2.24, 2.45) is 5.92 Å². The molecule has 3 rings (SSSR count). The lowest BCUT2D eigenvalue weighted by atomic mass is 10.2. The van der Waals surface area contributed by atoms with Gasteiger partial charge in [-0.15, -0.1) is 0 Å². The molecule has 1 heterocycles. The van der Waals surface area contributed by atoms with Crippen molar-refractivity contribution in [3.63, 3.8) is 0 Å². The van der Waals surface area contributed by atoms with E-state index in [4.69, 9.17) is 0 Å². The molecule has 0 atom stereocenters. The van der Waals surface area contributed by atoms with Crippen molar-refractivity contribution >= 4 is 21.6 Å². The monoisotopic (exact) mass is 337 g/mol. The summed E-state index contributed by atoms with van der Waals surface area (Å²) in [7, 11) is 0. The number of anilines is 1. The Labute approximate surface area is 130 Å². The second-order valence-corrected chi connectivity index (χ2v) is 6.93. The van der Waals surface area contributed by atoms with Gasteiger partial charge >= 0.3 is 0 Å². The molecule has 0 radical (unpaired) electrons. The number of rotatable bonds is 6. The van der Waals surface area contributed by atoms with Crippen LogP contribution < -0.4 is 5.32 Å². The predicted octanol–water partition coefficient (Wildman–Crippen LogP) is 2.89. The minimum Gasteiger partial charge on any atom is -0.384 e. The van der Waals surface area contributed by atoms with Crippen LogP contribution >= 0.6 is 15.9 Å². The first-order valence-corrected chi connectivity index (χ1v) is 8.53. The molecule has 2 aliphatic rings. The lowest BCUT2D eigenvalue weighted by Crippen LogP contribution is -2.48. The van der Waals surface area contributed by atoms with E-state index in [-0.39, 0.29) is 0 Å². The van der Waals surface area contributed by atoms with Crippen LogP contribution in [0.4, 0.5) is 5.69 Å². The van der Waals surface area contributed by atoms with Crippen LogP contribution in [0.3, 0.4) is 0 Å². The van der Waals surface area contributed by atoms with Gasteiger partial charge in [-0.3, -0.25) is 4.90 Å². The molecule has 1 N–H and O–H groups in total. The summed E-state index contributed by atoms with van der Waals surface area (Å²) in [6, 6.07) is 8.41. The largest absolute Gasteiger partial charge is 0.384 e. The van der Waals surface area contributed by atoms with Crippen LogP contribution in [0.15, 0.2) is 28.7 Å². The van der Waals surface area contributed by atoms with E-state index in [9.17, 15) is 0 Å². The second-order valence-electron chi connectivity index (χ2n) is 6.02. The fourth-order valence-electron chi connectivity index (χ4n) is 2.79. The lowest BCUT2D eigenvalue weighted by Gasteiger charge is -2.34. The quantitative estimate of drug-likeness (QED) is 0.861. The van der Waals surface area contributed by atoms with E-state index in [1.165, 1.54) is 51.3 Å². The zero-order valence-electron chi connectivity index (χ0n) is 12.0. The van der Waals surface area contributed by atoms with Gasteiger partial charge in [0.2, 0.25) is 0 Å². The van der Waals surface area contributed by atoms with Crippen LogP contribution in [0.25, 0.3) is 0 Å². The van der Waals surface area contributed by atoms with Gasteiger partial charge in [-0.05, 0) is 43.0 Å². The number of nitrogens with one attached hydrogen (secondary N) is 1. The minimum atomic E-state index is 1.03. The summed E-state index contributed by atoms with van der Waals surface area (Å²) in [5.74, 6) is 1.03. The van der Waals surface area contributed by atoms with Crippen molar-refractivity contribution < 1.29 is 0 Å². The summed E-state index contributed by atoms with van der Waals surface area (Å²) < 4.78 is 1.13. The fourth-order valence-corrected chi connectivity index (χ4v) is 3.05. The van der Waals surface area contributed by atoms with Crippen molar-refractivity contribution in [1.29, 1.82) is 0 Å². The van der Waals surface area contributed by atoms with E-state index >= 15 is 0 Å². The Morgan fingerprint density at radius 3 is 2.30 bits per heavy atom. The van der Waals surface area contributed by atoms with E-state index in [2.05, 4.69) is 55.3 Å².